The van der Waals surface area contributed by atoms with Gasteiger partial charge in [-0.1, -0.05) is 36.4 Å². The highest BCUT2D eigenvalue weighted by molar-refractivity contribution is 8.14. The third-order valence-corrected chi connectivity index (χ3v) is 6.05. The number of carboxylic acids is 1. The van der Waals surface area contributed by atoms with Gasteiger partial charge in [0.2, 0.25) is 0 Å². The van der Waals surface area contributed by atoms with Gasteiger partial charge in [-0.3, -0.25) is 9.59 Å². The first-order valence-corrected chi connectivity index (χ1v) is 12.0. The van der Waals surface area contributed by atoms with Gasteiger partial charge in [-0.15, -0.1) is 0 Å². The van der Waals surface area contributed by atoms with Gasteiger partial charge in [-0.2, -0.15) is 0 Å². The van der Waals surface area contributed by atoms with Gasteiger partial charge >= 0.3 is 17.2 Å². The smallest absolute Gasteiger partial charge is 0.373 e. The van der Waals surface area contributed by atoms with Crippen LogP contribution in [0.15, 0.2) is 66.7 Å². The van der Waals surface area contributed by atoms with Gasteiger partial charge in [0, 0.05) is 18.1 Å². The average molecular weight is 529 g/mol. The van der Waals surface area contributed by atoms with Crippen LogP contribution in [-0.2, 0) is 20.9 Å². The van der Waals surface area contributed by atoms with Crippen LogP contribution in [0.25, 0.3) is 11.1 Å². The molecule has 0 radical (unpaired) electrons. The van der Waals surface area contributed by atoms with Crippen molar-refractivity contribution in [3.63, 3.8) is 0 Å². The molecule has 0 saturated heterocycles. The van der Waals surface area contributed by atoms with Gasteiger partial charge in [-0.05, 0) is 54.1 Å². The van der Waals surface area contributed by atoms with E-state index in [2.05, 4.69) is 0 Å². The van der Waals surface area contributed by atoms with Gasteiger partial charge in [0.05, 0.1) is 11.7 Å². The van der Waals surface area contributed by atoms with E-state index in [1.165, 1.54) is 31.2 Å². The molecule has 0 aromatic heterocycles. The number of ether oxygens (including phenoxy) is 2. The molecule has 3 rings (SSSR count). The Balaban J connectivity index is 1.83. The van der Waals surface area contributed by atoms with Crippen LogP contribution in [-0.4, -0.2) is 33.4 Å². The van der Waals surface area contributed by atoms with Crippen LogP contribution in [0.5, 0.6) is 5.75 Å². The van der Waals surface area contributed by atoms with Crippen molar-refractivity contribution in [3.05, 3.63) is 89.5 Å². The number of aliphatic carboxylic acids is 1. The van der Waals surface area contributed by atoms with Crippen molar-refractivity contribution in [3.8, 4) is 16.9 Å². The Morgan fingerprint density at radius 2 is 1.68 bits per heavy atom. The van der Waals surface area contributed by atoms with Gasteiger partial charge in [0.25, 0.3) is 0 Å². The lowest BCUT2D eigenvalue weighted by molar-refractivity contribution is -0.138. The number of Topliss-reactive ketones (excluding diaryl/α,β-unsaturated/α-hetero) is 1. The summed E-state index contributed by atoms with van der Waals surface area (Å²) < 4.78 is 38.4. The zero-order chi connectivity index (χ0) is 26.9. The van der Waals surface area contributed by atoms with Crippen LogP contribution < -0.4 is 4.74 Å². The molecule has 0 amide bonds. The number of thioether (sulfide) groups is 1. The Morgan fingerprint density at radius 1 is 0.946 bits per heavy atom. The predicted octanol–water partition coefficient (Wildman–Crippen LogP) is 6.04. The molecule has 10 heteroatoms. The molecule has 0 heterocycles. The summed E-state index contributed by atoms with van der Waals surface area (Å²) in [6.45, 7) is 1.36. The monoisotopic (exact) mass is 528 g/mol. The molecule has 0 spiro atoms. The Kier molecular flexibility index (Phi) is 9.51. The fourth-order valence-corrected chi connectivity index (χ4v) is 3.90. The number of carbonyl (C=O) groups excluding carboxylic acids is 3. The number of rotatable bonds is 10. The number of hydrogen-bond acceptors (Lipinski definition) is 7. The largest absolute Gasteiger partial charge is 0.481 e. The minimum Gasteiger partial charge on any atom is -0.481 e. The quantitative estimate of drug-likeness (QED) is 0.317. The van der Waals surface area contributed by atoms with E-state index in [1.807, 2.05) is 0 Å². The number of hydrogen-bond donors (Lipinski definition) is 1. The third-order valence-electron chi connectivity index (χ3n) is 5.16. The normalized spacial score (nSPS) is 11.4. The lowest BCUT2D eigenvalue weighted by Gasteiger charge is -2.14. The first-order chi connectivity index (χ1) is 17.6. The first-order valence-electron chi connectivity index (χ1n) is 11.1. The molecule has 37 heavy (non-hydrogen) atoms. The minimum atomic E-state index is -1.13. The zero-order valence-electron chi connectivity index (χ0n) is 19.6. The van der Waals surface area contributed by atoms with Crippen molar-refractivity contribution >= 4 is 34.8 Å². The lowest BCUT2D eigenvalue weighted by atomic mass is 10.0. The van der Waals surface area contributed by atoms with Crippen LogP contribution in [0.3, 0.4) is 0 Å². The Labute approximate surface area is 215 Å². The topological polar surface area (TPSA) is 107 Å². The summed E-state index contributed by atoms with van der Waals surface area (Å²) >= 11 is 0.532. The van der Waals surface area contributed by atoms with Gasteiger partial charge in [-0.25, -0.2) is 18.4 Å². The summed E-state index contributed by atoms with van der Waals surface area (Å²) in [6, 6.07) is 15.7. The first kappa shape index (κ1) is 27.5. The van der Waals surface area contributed by atoms with Crippen molar-refractivity contribution < 1.29 is 42.5 Å². The predicted molar refractivity (Wildman–Crippen MR) is 132 cm³/mol. The highest BCUT2D eigenvalue weighted by Crippen LogP contribution is 2.31. The van der Waals surface area contributed by atoms with Crippen molar-refractivity contribution in [2.45, 2.75) is 31.6 Å². The molecule has 7 nitrogen and oxygen atoms in total. The molecule has 0 aliphatic rings. The maximum atomic E-state index is 14.4. The summed E-state index contributed by atoms with van der Waals surface area (Å²) in [5.41, 5.74) is 0.757. The molecular weight excluding hydrogens is 506 g/mol. The zero-order valence-corrected chi connectivity index (χ0v) is 20.4. The van der Waals surface area contributed by atoms with E-state index in [0.717, 1.165) is 6.07 Å². The maximum Gasteiger partial charge on any atom is 0.373 e. The van der Waals surface area contributed by atoms with Crippen LogP contribution in [0, 0.1) is 11.6 Å². The van der Waals surface area contributed by atoms with E-state index in [-0.39, 0.29) is 41.9 Å². The van der Waals surface area contributed by atoms with E-state index in [4.69, 9.17) is 14.6 Å². The summed E-state index contributed by atoms with van der Waals surface area (Å²) in [4.78, 5) is 48.1. The molecule has 0 fully saturated rings. The average Bonchev–Trinajstić information content (AvgIpc) is 2.86. The molecule has 3 aromatic rings. The van der Waals surface area contributed by atoms with Crippen molar-refractivity contribution in [1.29, 1.82) is 0 Å². The molecule has 0 bridgehead atoms. The summed E-state index contributed by atoms with van der Waals surface area (Å²) in [7, 11) is 0. The third kappa shape index (κ3) is 7.97. The van der Waals surface area contributed by atoms with E-state index in [1.54, 1.807) is 30.3 Å². The summed E-state index contributed by atoms with van der Waals surface area (Å²) in [6.07, 6.45) is -0.608. The van der Waals surface area contributed by atoms with E-state index >= 15 is 0 Å². The lowest BCUT2D eigenvalue weighted by Crippen LogP contribution is -2.18. The fourth-order valence-electron chi connectivity index (χ4n) is 3.23. The SMILES string of the molecule is CC(SC(=O)Oc1ccc(-c2ccc(F)cc2F)cc1C(=O)OCc1ccccc1)C(=O)CCC(=O)O. The highest BCUT2D eigenvalue weighted by atomic mass is 32.2. The van der Waals surface area contributed by atoms with Crippen LogP contribution in [0.1, 0.15) is 35.7 Å². The second-order valence-electron chi connectivity index (χ2n) is 7.87. The van der Waals surface area contributed by atoms with Crippen molar-refractivity contribution in [2.75, 3.05) is 0 Å². The minimum absolute atomic E-state index is 0.0170. The van der Waals surface area contributed by atoms with E-state index in [9.17, 15) is 28.0 Å². The number of halogens is 2. The summed E-state index contributed by atoms with van der Waals surface area (Å²) in [5.74, 6) is -4.24. The molecular formula is C27H22F2O7S. The number of benzene rings is 3. The molecule has 0 aliphatic heterocycles. The second-order valence-corrected chi connectivity index (χ2v) is 9.15. The van der Waals surface area contributed by atoms with Gasteiger partial charge in [0.15, 0.2) is 0 Å². The summed E-state index contributed by atoms with van der Waals surface area (Å²) in [5, 5.41) is 6.93. The number of ketones is 1. The standard InChI is InChI=1S/C27H22F2O7S/c1-16(23(30)10-12-25(31)32)37-27(34)36-24-11-7-18(20-9-8-19(28)14-22(20)29)13-21(24)26(33)35-15-17-5-3-2-4-6-17/h2-9,11,13-14,16H,10,12,15H2,1H3,(H,31,32). The molecule has 1 atom stereocenters. The van der Waals surface area contributed by atoms with Crippen molar-refractivity contribution in [1.82, 2.24) is 0 Å². The van der Waals surface area contributed by atoms with Crippen LogP contribution >= 0.6 is 11.8 Å². The number of carboxylic acid groups (broad SMARTS) is 1. The van der Waals surface area contributed by atoms with Crippen LogP contribution in [0.4, 0.5) is 13.6 Å². The van der Waals surface area contributed by atoms with Gasteiger partial charge in [0.1, 0.15) is 35.3 Å². The van der Waals surface area contributed by atoms with Crippen molar-refractivity contribution in [2.24, 2.45) is 0 Å². The Morgan fingerprint density at radius 3 is 2.35 bits per heavy atom. The van der Waals surface area contributed by atoms with E-state index in [0.29, 0.717) is 23.4 Å². The number of carbonyl (C=O) groups is 4. The molecule has 192 valence electrons. The highest BCUT2D eigenvalue weighted by Gasteiger charge is 2.23. The number of esters is 1. The molecule has 0 aliphatic carbocycles. The molecule has 0 saturated carbocycles. The second kappa shape index (κ2) is 12.8. The Hall–Kier alpha value is -4.05. The van der Waals surface area contributed by atoms with Gasteiger partial charge < -0.3 is 14.6 Å². The van der Waals surface area contributed by atoms with Crippen LogP contribution in [0.2, 0.25) is 0 Å². The fraction of sp³-hybridized carbons (Fsp3) is 0.185. The van der Waals surface area contributed by atoms with E-state index < -0.39 is 39.9 Å². The Bertz CT molecular complexity index is 1310. The maximum absolute atomic E-state index is 14.4. The molecule has 3 aromatic carbocycles. The molecule has 1 unspecified atom stereocenters. The molecule has 1 N–H and O–H groups in total.